The van der Waals surface area contributed by atoms with Crippen LogP contribution in [0.3, 0.4) is 0 Å². The van der Waals surface area contributed by atoms with E-state index >= 15 is 0 Å². The molecule has 0 atom stereocenters. The normalized spacial score (nSPS) is 9.00. The first kappa shape index (κ1) is 8.43. The molecule has 0 unspecified atom stereocenters. The van der Waals surface area contributed by atoms with Gasteiger partial charge in [-0.3, -0.25) is 0 Å². The van der Waals surface area contributed by atoms with E-state index in [9.17, 15) is 0 Å². The third-order valence-corrected chi connectivity index (χ3v) is 0.999. The van der Waals surface area contributed by atoms with Crippen molar-refractivity contribution in [3.8, 4) is 0 Å². The topological polar surface area (TPSA) is 33.6 Å². The van der Waals surface area contributed by atoms with E-state index < -0.39 is 0 Å². The molecule has 3 heteroatoms. The van der Waals surface area contributed by atoms with Crippen molar-refractivity contribution < 1.29 is 4.74 Å². The molecule has 54 valence electrons. The minimum absolute atomic E-state index is 0.832. The minimum atomic E-state index is 0.832. The highest BCUT2D eigenvalue weighted by Crippen LogP contribution is 1.85. The maximum atomic E-state index is 4.85. The Hall–Kier alpha value is -0.570. The van der Waals surface area contributed by atoms with Gasteiger partial charge in [0.05, 0.1) is 0 Å². The van der Waals surface area contributed by atoms with E-state index in [1.54, 1.807) is 7.11 Å². The number of ether oxygens (including phenoxy) is 1. The van der Waals surface area contributed by atoms with Crippen LogP contribution in [0.4, 0.5) is 0 Å². The summed E-state index contributed by atoms with van der Waals surface area (Å²) in [6, 6.07) is 0. The van der Waals surface area contributed by atoms with Crippen molar-refractivity contribution in [2.24, 2.45) is 5.10 Å². The summed E-state index contributed by atoms with van der Waals surface area (Å²) in [6.45, 7) is 5.01. The quantitative estimate of drug-likeness (QED) is 0.325. The first-order valence-corrected chi connectivity index (χ1v) is 3.09. The van der Waals surface area contributed by atoms with E-state index in [1.807, 2.05) is 0 Å². The molecule has 3 nitrogen and oxygen atoms in total. The number of hydrogen-bond donors (Lipinski definition) is 1. The van der Waals surface area contributed by atoms with Crippen LogP contribution in [0.5, 0.6) is 0 Å². The summed E-state index contributed by atoms with van der Waals surface area (Å²) in [5, 5.41) is 3.49. The molecule has 1 N–H and O–H groups in total. The molecule has 0 aliphatic heterocycles. The van der Waals surface area contributed by atoms with Crippen LogP contribution in [0, 0.1) is 0 Å². The largest absolute Gasteiger partial charge is 0.385 e. The van der Waals surface area contributed by atoms with Crippen LogP contribution in [-0.4, -0.2) is 27.0 Å². The fraction of sp³-hybridized carbons (Fsp3) is 0.833. The Morgan fingerprint density at radius 2 is 2.33 bits per heavy atom. The van der Waals surface area contributed by atoms with Crippen molar-refractivity contribution >= 4 is 6.72 Å². The number of unbranched alkanes of at least 4 members (excludes halogenated alkanes) is 1. The molecule has 0 radical (unpaired) electrons. The van der Waals surface area contributed by atoms with Crippen molar-refractivity contribution in [1.29, 1.82) is 0 Å². The van der Waals surface area contributed by atoms with Gasteiger partial charge in [-0.2, -0.15) is 5.10 Å². The molecule has 0 spiro atoms. The van der Waals surface area contributed by atoms with Crippen LogP contribution < -0.4 is 5.43 Å². The summed E-state index contributed by atoms with van der Waals surface area (Å²) < 4.78 is 4.85. The molecular weight excluding hydrogens is 116 g/mol. The van der Waals surface area contributed by atoms with Gasteiger partial charge in [-0.05, 0) is 12.8 Å². The Balaban J connectivity index is 2.66. The molecule has 0 saturated heterocycles. The second-order valence-electron chi connectivity index (χ2n) is 1.77. The standard InChI is InChI=1S/C6H14N2O/c1-7-8-5-3-4-6-9-2/h8H,1,3-6H2,2H3. The number of nitrogens with zero attached hydrogens (tertiary/aromatic N) is 1. The number of hydrogen-bond acceptors (Lipinski definition) is 3. The summed E-state index contributed by atoms with van der Waals surface area (Å²) >= 11 is 0. The zero-order valence-electron chi connectivity index (χ0n) is 5.89. The molecular formula is C6H14N2O. The summed E-state index contributed by atoms with van der Waals surface area (Å²) in [4.78, 5) is 0. The van der Waals surface area contributed by atoms with Crippen LogP contribution in [0.25, 0.3) is 0 Å². The smallest absolute Gasteiger partial charge is 0.0462 e. The highest BCUT2D eigenvalue weighted by atomic mass is 16.5. The minimum Gasteiger partial charge on any atom is -0.385 e. The van der Waals surface area contributed by atoms with Crippen molar-refractivity contribution in [1.82, 2.24) is 5.43 Å². The highest BCUT2D eigenvalue weighted by Gasteiger charge is 1.83. The van der Waals surface area contributed by atoms with E-state index in [-0.39, 0.29) is 0 Å². The van der Waals surface area contributed by atoms with E-state index in [2.05, 4.69) is 17.2 Å². The maximum Gasteiger partial charge on any atom is 0.0462 e. The lowest BCUT2D eigenvalue weighted by atomic mass is 10.3. The number of rotatable bonds is 6. The fourth-order valence-electron chi connectivity index (χ4n) is 0.530. The van der Waals surface area contributed by atoms with Crippen LogP contribution in [0.2, 0.25) is 0 Å². The van der Waals surface area contributed by atoms with Crippen molar-refractivity contribution in [2.75, 3.05) is 20.3 Å². The van der Waals surface area contributed by atoms with E-state index in [0.29, 0.717) is 0 Å². The van der Waals surface area contributed by atoms with Crippen LogP contribution >= 0.6 is 0 Å². The Kier molecular flexibility index (Phi) is 6.96. The second kappa shape index (κ2) is 7.43. The van der Waals surface area contributed by atoms with Gasteiger partial charge in [-0.25, -0.2) is 0 Å². The van der Waals surface area contributed by atoms with Crippen molar-refractivity contribution in [3.63, 3.8) is 0 Å². The molecule has 0 aromatic rings. The van der Waals surface area contributed by atoms with Gasteiger partial charge >= 0.3 is 0 Å². The van der Waals surface area contributed by atoms with Gasteiger partial charge in [0.1, 0.15) is 0 Å². The average molecular weight is 130 g/mol. The maximum absolute atomic E-state index is 4.85. The molecule has 0 rings (SSSR count). The van der Waals surface area contributed by atoms with Gasteiger partial charge in [-0.1, -0.05) is 0 Å². The molecule has 0 saturated carbocycles. The van der Waals surface area contributed by atoms with Crippen LogP contribution in [-0.2, 0) is 4.74 Å². The number of methoxy groups -OCH3 is 1. The van der Waals surface area contributed by atoms with E-state index in [1.165, 1.54) is 0 Å². The molecule has 0 aliphatic rings. The van der Waals surface area contributed by atoms with Crippen LogP contribution in [0.15, 0.2) is 5.10 Å². The highest BCUT2D eigenvalue weighted by molar-refractivity contribution is 5.22. The summed E-state index contributed by atoms with van der Waals surface area (Å²) in [5.74, 6) is 0. The van der Waals surface area contributed by atoms with Gasteiger partial charge in [0.15, 0.2) is 0 Å². The molecule has 0 amide bonds. The predicted octanol–water partition coefficient (Wildman–Crippen LogP) is 0.618. The van der Waals surface area contributed by atoms with Gasteiger partial charge in [0.25, 0.3) is 0 Å². The van der Waals surface area contributed by atoms with Gasteiger partial charge in [0.2, 0.25) is 0 Å². The lowest BCUT2D eigenvalue weighted by Gasteiger charge is -1.97. The first-order valence-electron chi connectivity index (χ1n) is 3.09. The lowest BCUT2D eigenvalue weighted by molar-refractivity contribution is 0.192. The van der Waals surface area contributed by atoms with Gasteiger partial charge in [-0.15, -0.1) is 0 Å². The zero-order chi connectivity index (χ0) is 6.95. The summed E-state index contributed by atoms with van der Waals surface area (Å²) in [7, 11) is 1.71. The first-order chi connectivity index (χ1) is 4.41. The predicted molar refractivity (Wildman–Crippen MR) is 38.7 cm³/mol. The monoisotopic (exact) mass is 130 g/mol. The van der Waals surface area contributed by atoms with Gasteiger partial charge < -0.3 is 10.2 Å². The Labute approximate surface area is 56.1 Å². The Bertz CT molecular complexity index is 66.1. The van der Waals surface area contributed by atoms with E-state index in [4.69, 9.17) is 4.74 Å². The van der Waals surface area contributed by atoms with Crippen molar-refractivity contribution in [3.05, 3.63) is 0 Å². The molecule has 9 heavy (non-hydrogen) atoms. The zero-order valence-corrected chi connectivity index (χ0v) is 5.89. The third kappa shape index (κ3) is 7.43. The fourth-order valence-corrected chi connectivity index (χ4v) is 0.530. The molecule has 0 heterocycles. The summed E-state index contributed by atoms with van der Waals surface area (Å²) in [5.41, 5.74) is 2.77. The second-order valence-corrected chi connectivity index (χ2v) is 1.77. The average Bonchev–Trinajstić information content (AvgIpc) is 1.89. The lowest BCUT2D eigenvalue weighted by Crippen LogP contribution is -2.06. The number of hydrazone groups is 1. The Morgan fingerprint density at radius 3 is 2.89 bits per heavy atom. The van der Waals surface area contributed by atoms with Crippen molar-refractivity contribution in [2.45, 2.75) is 12.8 Å². The SMILES string of the molecule is C=NNCCCCOC. The molecule has 0 aliphatic carbocycles. The third-order valence-electron chi connectivity index (χ3n) is 0.999. The number of nitrogens with one attached hydrogen (secondary N) is 1. The molecule has 0 aromatic carbocycles. The van der Waals surface area contributed by atoms with Gasteiger partial charge in [0, 0.05) is 27.0 Å². The Morgan fingerprint density at radius 1 is 1.56 bits per heavy atom. The molecule has 0 bridgehead atoms. The van der Waals surface area contributed by atoms with E-state index in [0.717, 1.165) is 26.0 Å². The summed E-state index contributed by atoms with van der Waals surface area (Å²) in [6.07, 6.45) is 2.17. The molecule has 0 aromatic heterocycles. The van der Waals surface area contributed by atoms with Crippen LogP contribution in [0.1, 0.15) is 12.8 Å². The molecule has 0 fully saturated rings.